The Morgan fingerprint density at radius 2 is 2.03 bits per heavy atom. The van der Waals surface area contributed by atoms with Crippen molar-refractivity contribution < 1.29 is 4.79 Å². The Kier molecular flexibility index (Phi) is 5.15. The average molecular weight is 444 g/mol. The molecule has 0 spiro atoms. The number of rotatable bonds is 5. The molecule has 160 valence electrons. The average Bonchev–Trinajstić information content (AvgIpc) is 3.33. The second-order valence-corrected chi connectivity index (χ2v) is 8.28. The number of aromatic nitrogens is 4. The normalized spacial score (nSPS) is 11.3. The van der Waals surface area contributed by atoms with Crippen molar-refractivity contribution in [1.29, 1.82) is 0 Å². The molecule has 2 N–H and O–H groups in total. The first-order valence-corrected chi connectivity index (χ1v) is 10.8. The Bertz CT molecular complexity index is 1470. The quantitative estimate of drug-likeness (QED) is 0.394. The van der Waals surface area contributed by atoms with Gasteiger partial charge in [0.05, 0.1) is 10.7 Å². The second kappa shape index (κ2) is 8.13. The van der Waals surface area contributed by atoms with E-state index in [0.717, 1.165) is 23.3 Å². The first kappa shape index (κ1) is 20.3. The van der Waals surface area contributed by atoms with Gasteiger partial charge in [-0.15, -0.1) is 0 Å². The van der Waals surface area contributed by atoms with Crippen molar-refractivity contribution in [3.63, 3.8) is 0 Å². The summed E-state index contributed by atoms with van der Waals surface area (Å²) < 4.78 is 1.88. The third-order valence-electron chi connectivity index (χ3n) is 5.64. The first-order valence-electron chi connectivity index (χ1n) is 10.5. The van der Waals surface area contributed by atoms with Crippen LogP contribution in [0.1, 0.15) is 27.3 Å². The molecule has 0 fully saturated rings. The smallest absolute Gasteiger partial charge is 0.251 e. The number of fused-ring (bicyclic) bond motifs is 2. The van der Waals surface area contributed by atoms with Gasteiger partial charge in [0, 0.05) is 35.4 Å². The summed E-state index contributed by atoms with van der Waals surface area (Å²) in [5.74, 6) is 0.613. The fourth-order valence-electron chi connectivity index (χ4n) is 4.05. The van der Waals surface area contributed by atoms with Crippen molar-refractivity contribution in [2.75, 3.05) is 6.54 Å². The molecule has 0 bridgehead atoms. The molecule has 3 heterocycles. The van der Waals surface area contributed by atoms with E-state index >= 15 is 0 Å². The van der Waals surface area contributed by atoms with E-state index in [2.05, 4.69) is 45.4 Å². The van der Waals surface area contributed by atoms with E-state index in [1.165, 1.54) is 16.5 Å². The van der Waals surface area contributed by atoms with Crippen LogP contribution in [0.25, 0.3) is 27.8 Å². The predicted molar refractivity (Wildman–Crippen MR) is 128 cm³/mol. The molecule has 6 nitrogen and oxygen atoms in total. The number of nitrogens with zero attached hydrogens (tertiary/aromatic N) is 3. The van der Waals surface area contributed by atoms with Crippen LogP contribution in [0.2, 0.25) is 5.02 Å². The number of imidazole rings is 1. The van der Waals surface area contributed by atoms with E-state index < -0.39 is 0 Å². The molecule has 5 rings (SSSR count). The lowest BCUT2D eigenvalue weighted by atomic mass is 10.1. The van der Waals surface area contributed by atoms with Crippen molar-refractivity contribution in [3.05, 3.63) is 88.5 Å². The molecule has 7 heteroatoms. The van der Waals surface area contributed by atoms with Crippen LogP contribution in [0.3, 0.4) is 0 Å². The van der Waals surface area contributed by atoms with E-state index in [1.807, 2.05) is 29.8 Å². The Morgan fingerprint density at radius 1 is 1.16 bits per heavy atom. The molecule has 0 saturated carbocycles. The number of amides is 1. The number of halogens is 1. The molecule has 5 aromatic rings. The molecule has 0 aliphatic heterocycles. The summed E-state index contributed by atoms with van der Waals surface area (Å²) in [6.07, 6.45) is 4.47. The number of benzene rings is 2. The van der Waals surface area contributed by atoms with Crippen LogP contribution in [-0.4, -0.2) is 32.0 Å². The molecule has 3 aromatic heterocycles. The highest BCUT2D eigenvalue weighted by Gasteiger charge is 2.15. The molecule has 0 saturated heterocycles. The number of aryl methyl sites for hydroxylation is 2. The molecule has 0 aliphatic carbocycles. The van der Waals surface area contributed by atoms with E-state index in [-0.39, 0.29) is 5.91 Å². The minimum Gasteiger partial charge on any atom is -0.361 e. The van der Waals surface area contributed by atoms with Gasteiger partial charge in [0.25, 0.3) is 5.91 Å². The van der Waals surface area contributed by atoms with Crippen molar-refractivity contribution in [2.24, 2.45) is 0 Å². The van der Waals surface area contributed by atoms with Gasteiger partial charge in [-0.05, 0) is 68.3 Å². The number of carbonyl (C=O) groups is 1. The van der Waals surface area contributed by atoms with E-state index in [0.29, 0.717) is 28.5 Å². The van der Waals surface area contributed by atoms with E-state index in [4.69, 9.17) is 11.6 Å². The van der Waals surface area contributed by atoms with Crippen LogP contribution in [-0.2, 0) is 6.42 Å². The maximum atomic E-state index is 12.9. The molecule has 1 amide bonds. The van der Waals surface area contributed by atoms with Gasteiger partial charge in [0.1, 0.15) is 11.3 Å². The Balaban J connectivity index is 1.36. The minimum absolute atomic E-state index is 0.144. The van der Waals surface area contributed by atoms with Gasteiger partial charge >= 0.3 is 0 Å². The maximum Gasteiger partial charge on any atom is 0.251 e. The number of H-pyrrole nitrogens is 1. The van der Waals surface area contributed by atoms with Crippen molar-refractivity contribution in [3.8, 4) is 5.69 Å². The van der Waals surface area contributed by atoms with E-state index in [9.17, 15) is 4.79 Å². The third kappa shape index (κ3) is 3.63. The lowest BCUT2D eigenvalue weighted by Crippen LogP contribution is -2.25. The standard InChI is InChI=1S/C25H22ClN5O/c1-15-5-8-21-19(12-15)18(14-29-21)9-11-28-25(32)17-6-7-20(26)23(13-17)31-16(2)30-22-4-3-10-27-24(22)31/h3-8,10,12-14,29H,9,11H2,1-2H3,(H,28,32). The van der Waals surface area contributed by atoms with Crippen LogP contribution in [0, 0.1) is 13.8 Å². The van der Waals surface area contributed by atoms with Crippen molar-refractivity contribution >= 4 is 39.6 Å². The monoisotopic (exact) mass is 443 g/mol. The number of aromatic amines is 1. The van der Waals surface area contributed by atoms with E-state index in [1.54, 1.807) is 24.4 Å². The summed E-state index contributed by atoms with van der Waals surface area (Å²) in [5, 5.41) is 4.75. The summed E-state index contributed by atoms with van der Waals surface area (Å²) in [6.45, 7) is 4.51. The Morgan fingerprint density at radius 3 is 2.91 bits per heavy atom. The van der Waals surface area contributed by atoms with Gasteiger partial charge in [0.2, 0.25) is 0 Å². The Labute approximate surface area is 190 Å². The number of pyridine rings is 1. The zero-order valence-corrected chi connectivity index (χ0v) is 18.6. The Hall–Kier alpha value is -3.64. The molecular formula is C25H22ClN5O. The summed E-state index contributed by atoms with van der Waals surface area (Å²) in [7, 11) is 0. The van der Waals surface area contributed by atoms with Gasteiger partial charge in [-0.1, -0.05) is 23.2 Å². The number of carbonyl (C=O) groups excluding carboxylic acids is 1. The predicted octanol–water partition coefficient (Wildman–Crippen LogP) is 5.14. The fourth-order valence-corrected chi connectivity index (χ4v) is 4.25. The highest BCUT2D eigenvalue weighted by Crippen LogP contribution is 2.27. The zero-order chi connectivity index (χ0) is 22.2. The topological polar surface area (TPSA) is 75.6 Å². The summed E-state index contributed by atoms with van der Waals surface area (Å²) in [4.78, 5) is 25.2. The zero-order valence-electron chi connectivity index (χ0n) is 17.8. The van der Waals surface area contributed by atoms with Crippen LogP contribution >= 0.6 is 11.6 Å². The summed E-state index contributed by atoms with van der Waals surface area (Å²) >= 11 is 6.49. The lowest BCUT2D eigenvalue weighted by molar-refractivity contribution is 0.0954. The van der Waals surface area contributed by atoms with Gasteiger partial charge in [-0.2, -0.15) is 0 Å². The van der Waals surface area contributed by atoms with Gasteiger partial charge in [-0.25, -0.2) is 9.97 Å². The van der Waals surface area contributed by atoms with Crippen LogP contribution in [0.15, 0.2) is 60.9 Å². The highest BCUT2D eigenvalue weighted by atomic mass is 35.5. The molecule has 2 aromatic carbocycles. The minimum atomic E-state index is -0.144. The third-order valence-corrected chi connectivity index (χ3v) is 5.96. The molecule has 0 aliphatic rings. The van der Waals surface area contributed by atoms with Crippen molar-refractivity contribution in [2.45, 2.75) is 20.3 Å². The molecule has 0 radical (unpaired) electrons. The van der Waals surface area contributed by atoms with Crippen LogP contribution < -0.4 is 5.32 Å². The molecule has 0 atom stereocenters. The highest BCUT2D eigenvalue weighted by molar-refractivity contribution is 6.32. The van der Waals surface area contributed by atoms with Gasteiger partial charge in [0.15, 0.2) is 5.65 Å². The maximum absolute atomic E-state index is 12.9. The van der Waals surface area contributed by atoms with Crippen molar-refractivity contribution in [1.82, 2.24) is 24.8 Å². The molecule has 0 unspecified atom stereocenters. The summed E-state index contributed by atoms with van der Waals surface area (Å²) in [5.41, 5.74) is 6.22. The fraction of sp³-hybridized carbons (Fsp3) is 0.160. The lowest BCUT2D eigenvalue weighted by Gasteiger charge is -2.11. The van der Waals surface area contributed by atoms with Gasteiger partial charge in [-0.3, -0.25) is 9.36 Å². The molecular weight excluding hydrogens is 422 g/mol. The SMILES string of the molecule is Cc1ccc2[nH]cc(CCNC(=O)c3ccc(Cl)c(-n4c(C)nc5cccnc54)c3)c2c1. The first-order chi connectivity index (χ1) is 15.5. The van der Waals surface area contributed by atoms with Gasteiger partial charge < -0.3 is 10.3 Å². The number of nitrogens with one attached hydrogen (secondary N) is 2. The second-order valence-electron chi connectivity index (χ2n) is 7.88. The number of hydrogen-bond donors (Lipinski definition) is 2. The largest absolute Gasteiger partial charge is 0.361 e. The molecule has 32 heavy (non-hydrogen) atoms. The number of hydrogen-bond acceptors (Lipinski definition) is 3. The van der Waals surface area contributed by atoms with Crippen LogP contribution in [0.5, 0.6) is 0 Å². The summed E-state index contributed by atoms with van der Waals surface area (Å²) in [6, 6.07) is 15.3. The van der Waals surface area contributed by atoms with Crippen LogP contribution in [0.4, 0.5) is 0 Å².